The van der Waals surface area contributed by atoms with Gasteiger partial charge in [-0.15, -0.1) is 0 Å². The third-order valence-electron chi connectivity index (χ3n) is 1.87. The summed E-state index contributed by atoms with van der Waals surface area (Å²) < 4.78 is 25.7. The predicted octanol–water partition coefficient (Wildman–Crippen LogP) is -0.825. The van der Waals surface area contributed by atoms with Gasteiger partial charge in [-0.3, -0.25) is 4.99 Å². The van der Waals surface area contributed by atoms with Gasteiger partial charge < -0.3 is 0 Å². The van der Waals surface area contributed by atoms with Crippen LogP contribution in [0.25, 0.3) is 0 Å². The van der Waals surface area contributed by atoms with E-state index in [4.69, 9.17) is 0 Å². The van der Waals surface area contributed by atoms with E-state index in [0.29, 0.717) is 12.4 Å². The number of sulfonamides is 1. The molecule has 2 heterocycles. The second kappa shape index (κ2) is 3.63. The van der Waals surface area contributed by atoms with E-state index in [2.05, 4.69) is 24.7 Å². The van der Waals surface area contributed by atoms with Crippen LogP contribution >= 0.6 is 0 Å². The molecule has 1 unspecified atom stereocenters. The SMILES string of the molecule is CCNS(=O)(=O)C1=NC=NC2=NC=NC21. The molecule has 7 nitrogen and oxygen atoms in total. The molecular weight excluding hydrogens is 218 g/mol. The molecule has 0 saturated heterocycles. The third kappa shape index (κ3) is 1.73. The van der Waals surface area contributed by atoms with Gasteiger partial charge in [-0.05, 0) is 0 Å². The summed E-state index contributed by atoms with van der Waals surface area (Å²) in [6.07, 6.45) is 2.47. The average Bonchev–Trinajstić information content (AvgIpc) is 2.64. The molecule has 0 aromatic heterocycles. The molecule has 2 rings (SSSR count). The molecule has 0 aromatic rings. The molecule has 80 valence electrons. The van der Waals surface area contributed by atoms with Crippen LogP contribution in [-0.4, -0.2) is 44.6 Å². The largest absolute Gasteiger partial charge is 0.256 e. The Morgan fingerprint density at radius 3 is 2.93 bits per heavy atom. The molecule has 15 heavy (non-hydrogen) atoms. The molecule has 0 amide bonds. The summed E-state index contributed by atoms with van der Waals surface area (Å²) in [7, 11) is -3.57. The van der Waals surface area contributed by atoms with Crippen LogP contribution in [0.5, 0.6) is 0 Å². The van der Waals surface area contributed by atoms with E-state index in [-0.39, 0.29) is 5.04 Å². The quantitative estimate of drug-likeness (QED) is 0.666. The van der Waals surface area contributed by atoms with Crippen LogP contribution in [0.1, 0.15) is 6.92 Å². The van der Waals surface area contributed by atoms with Gasteiger partial charge in [-0.2, -0.15) is 0 Å². The molecule has 0 saturated carbocycles. The first-order valence-electron chi connectivity index (χ1n) is 4.34. The molecule has 0 bridgehead atoms. The van der Waals surface area contributed by atoms with E-state index in [1.807, 2.05) is 0 Å². The van der Waals surface area contributed by atoms with Crippen molar-refractivity contribution in [1.82, 2.24) is 4.72 Å². The monoisotopic (exact) mass is 227 g/mol. The number of aliphatic imine (C=N–C) groups is 4. The maximum atomic E-state index is 11.7. The highest BCUT2D eigenvalue weighted by molar-refractivity contribution is 8.05. The van der Waals surface area contributed by atoms with E-state index < -0.39 is 16.1 Å². The second-order valence-corrected chi connectivity index (χ2v) is 4.58. The Hall–Kier alpha value is -1.41. The summed E-state index contributed by atoms with van der Waals surface area (Å²) in [6, 6.07) is -0.681. The van der Waals surface area contributed by atoms with Crippen LogP contribution in [0, 0.1) is 0 Å². The molecule has 1 N–H and O–H groups in total. The average molecular weight is 227 g/mol. The lowest BCUT2D eigenvalue weighted by atomic mass is 10.3. The number of nitrogens with one attached hydrogen (secondary N) is 1. The summed E-state index contributed by atoms with van der Waals surface area (Å²) >= 11 is 0. The molecule has 0 aromatic carbocycles. The third-order valence-corrected chi connectivity index (χ3v) is 3.42. The first kappa shape index (κ1) is 10.1. The van der Waals surface area contributed by atoms with Crippen LogP contribution in [0.4, 0.5) is 0 Å². The molecule has 2 aliphatic rings. The number of rotatable bonds is 2. The number of nitrogens with zero attached hydrogens (tertiary/aromatic N) is 4. The van der Waals surface area contributed by atoms with Crippen molar-refractivity contribution in [3.05, 3.63) is 0 Å². The second-order valence-electron chi connectivity index (χ2n) is 2.87. The van der Waals surface area contributed by atoms with E-state index in [0.717, 1.165) is 0 Å². The topological polar surface area (TPSA) is 95.6 Å². The normalized spacial score (nSPS) is 23.7. The summed E-state index contributed by atoms with van der Waals surface area (Å²) in [6.45, 7) is 2.00. The van der Waals surface area contributed by atoms with Gasteiger partial charge in [-0.25, -0.2) is 28.1 Å². The van der Waals surface area contributed by atoms with Crippen LogP contribution in [0.3, 0.4) is 0 Å². The first-order chi connectivity index (χ1) is 7.15. The summed E-state index contributed by atoms with van der Waals surface area (Å²) in [5.74, 6) is 0.362. The highest BCUT2D eigenvalue weighted by Crippen LogP contribution is 2.12. The van der Waals surface area contributed by atoms with Crippen molar-refractivity contribution >= 4 is 33.6 Å². The first-order valence-corrected chi connectivity index (χ1v) is 5.82. The van der Waals surface area contributed by atoms with Crippen molar-refractivity contribution in [2.24, 2.45) is 20.0 Å². The van der Waals surface area contributed by atoms with E-state index in [1.165, 1.54) is 12.7 Å². The highest BCUT2D eigenvalue weighted by Gasteiger charge is 2.34. The minimum atomic E-state index is -3.57. The van der Waals surface area contributed by atoms with Gasteiger partial charge in [0.25, 0.3) is 10.0 Å². The Balaban J connectivity index is 2.38. The lowest BCUT2D eigenvalue weighted by Gasteiger charge is -2.14. The lowest BCUT2D eigenvalue weighted by molar-refractivity contribution is 0.595. The van der Waals surface area contributed by atoms with Gasteiger partial charge >= 0.3 is 0 Å². The molecular formula is C7H9N5O2S. The fraction of sp³-hybridized carbons (Fsp3) is 0.429. The maximum Gasteiger partial charge on any atom is 0.256 e. The van der Waals surface area contributed by atoms with Gasteiger partial charge in [0.05, 0.1) is 0 Å². The molecule has 1 atom stereocenters. The Labute approximate surface area is 86.8 Å². The highest BCUT2D eigenvalue weighted by atomic mass is 32.2. The summed E-state index contributed by atoms with van der Waals surface area (Å²) in [5, 5.41) is -0.0492. The molecule has 2 aliphatic heterocycles. The predicted molar refractivity (Wildman–Crippen MR) is 58.2 cm³/mol. The van der Waals surface area contributed by atoms with Gasteiger partial charge in [0.2, 0.25) is 0 Å². The number of fused-ring (bicyclic) bond motifs is 1. The smallest absolute Gasteiger partial charge is 0.255 e. The van der Waals surface area contributed by atoms with Gasteiger partial charge in [0, 0.05) is 6.54 Å². The van der Waals surface area contributed by atoms with Crippen LogP contribution in [-0.2, 0) is 10.0 Å². The zero-order valence-corrected chi connectivity index (χ0v) is 8.77. The minimum Gasteiger partial charge on any atom is -0.255 e. The van der Waals surface area contributed by atoms with Crippen molar-refractivity contribution < 1.29 is 8.42 Å². The van der Waals surface area contributed by atoms with Crippen molar-refractivity contribution in [1.29, 1.82) is 0 Å². The van der Waals surface area contributed by atoms with Crippen molar-refractivity contribution in [2.45, 2.75) is 13.0 Å². The molecule has 0 fully saturated rings. The maximum absolute atomic E-state index is 11.7. The lowest BCUT2D eigenvalue weighted by Crippen LogP contribution is -2.40. The van der Waals surface area contributed by atoms with Crippen molar-refractivity contribution in [3.63, 3.8) is 0 Å². The number of amidine groups is 1. The standard InChI is InChI=1S/C7H9N5O2S/c1-2-12-15(13,14)7-5-6(9-3-8-5)10-4-11-7/h3-5,12H,2H2,1H3. The summed E-state index contributed by atoms with van der Waals surface area (Å²) in [4.78, 5) is 15.3. The Morgan fingerprint density at radius 2 is 2.20 bits per heavy atom. The van der Waals surface area contributed by atoms with E-state index >= 15 is 0 Å². The zero-order valence-electron chi connectivity index (χ0n) is 7.95. The Morgan fingerprint density at radius 1 is 1.40 bits per heavy atom. The van der Waals surface area contributed by atoms with E-state index in [1.54, 1.807) is 6.92 Å². The van der Waals surface area contributed by atoms with Crippen molar-refractivity contribution in [3.8, 4) is 0 Å². The molecule has 8 heteroatoms. The van der Waals surface area contributed by atoms with Crippen LogP contribution in [0.2, 0.25) is 0 Å². The Bertz CT molecular complexity index is 488. The van der Waals surface area contributed by atoms with Crippen LogP contribution < -0.4 is 4.72 Å². The fourth-order valence-corrected chi connectivity index (χ4v) is 2.44. The number of hydrogen-bond donors (Lipinski definition) is 1. The molecule has 0 radical (unpaired) electrons. The van der Waals surface area contributed by atoms with Crippen molar-refractivity contribution in [2.75, 3.05) is 6.54 Å². The van der Waals surface area contributed by atoms with E-state index in [9.17, 15) is 8.42 Å². The van der Waals surface area contributed by atoms with Gasteiger partial charge in [0.15, 0.2) is 16.9 Å². The van der Waals surface area contributed by atoms with Gasteiger partial charge in [0.1, 0.15) is 12.7 Å². The summed E-state index contributed by atoms with van der Waals surface area (Å²) in [5.41, 5.74) is 0. The fourth-order valence-electron chi connectivity index (χ4n) is 1.27. The zero-order chi connectivity index (χ0) is 10.9. The van der Waals surface area contributed by atoms with Gasteiger partial charge in [-0.1, -0.05) is 6.92 Å². The minimum absolute atomic E-state index is 0.0492. The Kier molecular flexibility index (Phi) is 2.45. The number of hydrogen-bond acceptors (Lipinski definition) is 6. The molecule has 0 aliphatic carbocycles. The molecule has 0 spiro atoms. The van der Waals surface area contributed by atoms with Crippen LogP contribution in [0.15, 0.2) is 20.0 Å².